The first-order chi connectivity index (χ1) is 5.52. The molecule has 0 atom stereocenters. The van der Waals surface area contributed by atoms with Crippen molar-refractivity contribution < 1.29 is 8.78 Å². The van der Waals surface area contributed by atoms with Crippen LogP contribution in [0.3, 0.4) is 0 Å². The molecular formula is C8H12F2N2. The lowest BCUT2D eigenvalue weighted by Crippen LogP contribution is -1.98. The predicted octanol–water partition coefficient (Wildman–Crippen LogP) is 2.71. The molecule has 0 aliphatic carbocycles. The number of rotatable bonds is 2. The number of nitrogens with zero attached hydrogens (tertiary/aromatic N) is 2. The smallest absolute Gasteiger partial charge is 0.278 e. The number of aryl methyl sites for hydroxylation is 1. The van der Waals surface area contributed by atoms with E-state index in [9.17, 15) is 8.78 Å². The minimum atomic E-state index is -2.48. The summed E-state index contributed by atoms with van der Waals surface area (Å²) in [5.41, 5.74) is 0.716. The molecule has 0 saturated carbocycles. The molecule has 0 unspecified atom stereocenters. The van der Waals surface area contributed by atoms with E-state index in [0.29, 0.717) is 11.5 Å². The van der Waals surface area contributed by atoms with E-state index < -0.39 is 6.55 Å². The SMILES string of the molecule is Cc1nc(C(C)C)cn1C(F)F. The summed E-state index contributed by atoms with van der Waals surface area (Å²) in [6, 6.07) is 0. The first-order valence-electron chi connectivity index (χ1n) is 3.86. The average Bonchev–Trinajstić information content (AvgIpc) is 2.30. The molecule has 1 heterocycles. The van der Waals surface area contributed by atoms with Gasteiger partial charge in [-0.15, -0.1) is 0 Å². The number of aromatic nitrogens is 2. The maximum Gasteiger partial charge on any atom is 0.319 e. The van der Waals surface area contributed by atoms with Crippen LogP contribution in [0, 0.1) is 6.92 Å². The normalized spacial score (nSPS) is 11.6. The Bertz CT molecular complexity index is 266. The Morgan fingerprint density at radius 3 is 2.25 bits per heavy atom. The number of alkyl halides is 2. The minimum Gasteiger partial charge on any atom is -0.278 e. The molecule has 12 heavy (non-hydrogen) atoms. The fraction of sp³-hybridized carbons (Fsp3) is 0.625. The third-order valence-corrected chi connectivity index (χ3v) is 1.74. The van der Waals surface area contributed by atoms with Gasteiger partial charge in [0.05, 0.1) is 5.69 Å². The number of hydrogen-bond acceptors (Lipinski definition) is 1. The van der Waals surface area contributed by atoms with Gasteiger partial charge in [0.2, 0.25) is 0 Å². The highest BCUT2D eigenvalue weighted by atomic mass is 19.3. The van der Waals surface area contributed by atoms with Crippen molar-refractivity contribution in [2.24, 2.45) is 0 Å². The second-order valence-corrected chi connectivity index (χ2v) is 3.05. The molecule has 1 aromatic rings. The summed E-state index contributed by atoms with van der Waals surface area (Å²) in [6.07, 6.45) is 1.41. The van der Waals surface area contributed by atoms with Crippen LogP contribution in [0.1, 0.15) is 37.8 Å². The highest BCUT2D eigenvalue weighted by molar-refractivity contribution is 5.07. The lowest BCUT2D eigenvalue weighted by molar-refractivity contribution is 0.0679. The van der Waals surface area contributed by atoms with Gasteiger partial charge in [-0.2, -0.15) is 8.78 Å². The molecule has 0 bridgehead atoms. The summed E-state index contributed by atoms with van der Waals surface area (Å²) in [6.45, 7) is 2.96. The third kappa shape index (κ3) is 1.62. The van der Waals surface area contributed by atoms with Gasteiger partial charge in [-0.05, 0) is 12.8 Å². The van der Waals surface area contributed by atoms with Crippen molar-refractivity contribution in [1.82, 2.24) is 9.55 Å². The van der Waals surface area contributed by atoms with Gasteiger partial charge in [-0.25, -0.2) is 4.98 Å². The largest absolute Gasteiger partial charge is 0.319 e. The van der Waals surface area contributed by atoms with E-state index >= 15 is 0 Å². The zero-order chi connectivity index (χ0) is 9.30. The van der Waals surface area contributed by atoms with Crippen LogP contribution in [0.5, 0.6) is 0 Å². The van der Waals surface area contributed by atoms with Crippen LogP contribution < -0.4 is 0 Å². The predicted molar refractivity (Wildman–Crippen MR) is 42.3 cm³/mol. The van der Waals surface area contributed by atoms with Gasteiger partial charge in [0.25, 0.3) is 0 Å². The molecule has 1 aromatic heterocycles. The molecule has 0 radical (unpaired) electrons. The molecule has 0 fully saturated rings. The van der Waals surface area contributed by atoms with Gasteiger partial charge >= 0.3 is 6.55 Å². The molecule has 4 heteroatoms. The van der Waals surface area contributed by atoms with Crippen molar-refractivity contribution in [3.05, 3.63) is 17.7 Å². The molecule has 0 amide bonds. The topological polar surface area (TPSA) is 17.8 Å². The first-order valence-corrected chi connectivity index (χ1v) is 3.86. The molecule has 0 aliphatic heterocycles. The number of hydrogen-bond donors (Lipinski definition) is 0. The van der Waals surface area contributed by atoms with E-state index in [1.165, 1.54) is 6.20 Å². The van der Waals surface area contributed by atoms with E-state index in [0.717, 1.165) is 4.57 Å². The molecule has 0 spiro atoms. The van der Waals surface area contributed by atoms with Gasteiger partial charge in [-0.1, -0.05) is 13.8 Å². The second-order valence-electron chi connectivity index (χ2n) is 3.05. The number of halogens is 2. The summed E-state index contributed by atoms with van der Waals surface area (Å²) >= 11 is 0. The minimum absolute atomic E-state index is 0.198. The van der Waals surface area contributed by atoms with Crippen LogP contribution in [-0.2, 0) is 0 Å². The number of imidazole rings is 1. The summed E-state index contributed by atoms with van der Waals surface area (Å²) in [7, 11) is 0. The molecule has 1 rings (SSSR count). The van der Waals surface area contributed by atoms with E-state index in [-0.39, 0.29) is 5.92 Å². The van der Waals surface area contributed by atoms with Crippen molar-refractivity contribution in [1.29, 1.82) is 0 Å². The van der Waals surface area contributed by atoms with Gasteiger partial charge in [0.15, 0.2) is 0 Å². The Kier molecular flexibility index (Phi) is 2.45. The van der Waals surface area contributed by atoms with E-state index in [1.54, 1.807) is 6.92 Å². The molecule has 0 saturated heterocycles. The van der Waals surface area contributed by atoms with Crippen molar-refractivity contribution >= 4 is 0 Å². The zero-order valence-electron chi connectivity index (χ0n) is 7.38. The second kappa shape index (κ2) is 3.21. The molecule has 0 aromatic carbocycles. The molecule has 68 valence electrons. The summed E-state index contributed by atoms with van der Waals surface area (Å²) in [4.78, 5) is 4.01. The van der Waals surface area contributed by atoms with Crippen LogP contribution >= 0.6 is 0 Å². The summed E-state index contributed by atoms with van der Waals surface area (Å²) < 4.78 is 25.3. The van der Waals surface area contributed by atoms with Gasteiger partial charge in [-0.3, -0.25) is 4.57 Å². The highest BCUT2D eigenvalue weighted by Crippen LogP contribution is 2.18. The monoisotopic (exact) mass is 174 g/mol. The Morgan fingerprint density at radius 2 is 2.00 bits per heavy atom. The highest BCUT2D eigenvalue weighted by Gasteiger charge is 2.12. The van der Waals surface area contributed by atoms with Crippen molar-refractivity contribution in [2.75, 3.05) is 0 Å². The van der Waals surface area contributed by atoms with Gasteiger partial charge in [0.1, 0.15) is 5.82 Å². The Hall–Kier alpha value is -0.930. The Morgan fingerprint density at radius 1 is 1.42 bits per heavy atom. The van der Waals surface area contributed by atoms with E-state index in [4.69, 9.17) is 0 Å². The Balaban J connectivity index is 3.00. The fourth-order valence-corrected chi connectivity index (χ4v) is 0.985. The van der Waals surface area contributed by atoms with Crippen LogP contribution in [0.2, 0.25) is 0 Å². The maximum absolute atomic E-state index is 12.2. The van der Waals surface area contributed by atoms with Crippen molar-refractivity contribution in [3.8, 4) is 0 Å². The maximum atomic E-state index is 12.2. The standard InChI is InChI=1S/C8H12F2N2/c1-5(2)7-4-12(8(9)10)6(3)11-7/h4-5,8H,1-3H3. The average molecular weight is 174 g/mol. The molecule has 0 aliphatic rings. The first kappa shape index (κ1) is 9.16. The third-order valence-electron chi connectivity index (χ3n) is 1.74. The van der Waals surface area contributed by atoms with Crippen LogP contribution in [0.25, 0.3) is 0 Å². The van der Waals surface area contributed by atoms with Gasteiger partial charge < -0.3 is 0 Å². The molecular weight excluding hydrogens is 162 g/mol. The summed E-state index contributed by atoms with van der Waals surface area (Å²) in [5, 5.41) is 0. The van der Waals surface area contributed by atoms with Crippen LogP contribution in [0.4, 0.5) is 8.78 Å². The Labute approximate surface area is 70.2 Å². The molecule has 0 N–H and O–H groups in total. The van der Waals surface area contributed by atoms with Crippen molar-refractivity contribution in [3.63, 3.8) is 0 Å². The lowest BCUT2D eigenvalue weighted by Gasteiger charge is -2.00. The zero-order valence-corrected chi connectivity index (χ0v) is 7.38. The fourth-order valence-electron chi connectivity index (χ4n) is 0.985. The van der Waals surface area contributed by atoms with Crippen LogP contribution in [0.15, 0.2) is 6.20 Å². The molecule has 2 nitrogen and oxygen atoms in total. The van der Waals surface area contributed by atoms with Gasteiger partial charge in [0, 0.05) is 6.20 Å². The van der Waals surface area contributed by atoms with E-state index in [1.807, 2.05) is 13.8 Å². The van der Waals surface area contributed by atoms with E-state index in [2.05, 4.69) is 4.98 Å². The summed E-state index contributed by atoms with van der Waals surface area (Å²) in [5.74, 6) is 0.567. The quantitative estimate of drug-likeness (QED) is 0.674. The van der Waals surface area contributed by atoms with Crippen molar-refractivity contribution in [2.45, 2.75) is 33.2 Å². The lowest BCUT2D eigenvalue weighted by atomic mass is 10.2. The van der Waals surface area contributed by atoms with Crippen LogP contribution in [-0.4, -0.2) is 9.55 Å².